The summed E-state index contributed by atoms with van der Waals surface area (Å²) in [4.78, 5) is 12.8. The van der Waals surface area contributed by atoms with Gasteiger partial charge in [0.1, 0.15) is 0 Å². The first-order valence-electron chi connectivity index (χ1n) is 6.24. The van der Waals surface area contributed by atoms with Gasteiger partial charge < -0.3 is 4.74 Å². The normalized spacial score (nSPS) is 15.3. The van der Waals surface area contributed by atoms with Gasteiger partial charge in [-0.3, -0.25) is 4.98 Å². The van der Waals surface area contributed by atoms with Gasteiger partial charge in [-0.25, -0.2) is 0 Å². The van der Waals surface area contributed by atoms with Crippen LogP contribution in [0.25, 0.3) is 17.0 Å². The maximum Gasteiger partial charge on any atom is 0.317 e. The van der Waals surface area contributed by atoms with E-state index < -0.39 is 0 Å². The fourth-order valence-corrected chi connectivity index (χ4v) is 2.06. The zero-order valence-electron chi connectivity index (χ0n) is 10.2. The lowest BCUT2D eigenvalue weighted by atomic mass is 9.86. The molecule has 2 aromatic heterocycles. The average molecular weight is 241 g/mol. The van der Waals surface area contributed by atoms with Crippen LogP contribution in [0.1, 0.15) is 25.0 Å². The Hall–Kier alpha value is -1.97. The van der Waals surface area contributed by atoms with Crippen LogP contribution in [0, 0.1) is 5.92 Å². The molecule has 0 spiro atoms. The summed E-state index contributed by atoms with van der Waals surface area (Å²) >= 11 is 0. The van der Waals surface area contributed by atoms with Crippen molar-refractivity contribution in [3.63, 3.8) is 0 Å². The van der Waals surface area contributed by atoms with E-state index in [0.717, 1.165) is 16.6 Å². The Morgan fingerprint density at radius 1 is 1.39 bits per heavy atom. The van der Waals surface area contributed by atoms with Gasteiger partial charge in [0.25, 0.3) is 0 Å². The number of rotatable bonds is 4. The van der Waals surface area contributed by atoms with Crippen LogP contribution in [0.15, 0.2) is 25.0 Å². The molecule has 0 bridgehead atoms. The van der Waals surface area contributed by atoms with Crippen LogP contribution in [0.3, 0.4) is 0 Å². The lowest BCUT2D eigenvalue weighted by Crippen LogP contribution is -2.20. The predicted molar refractivity (Wildman–Crippen MR) is 70.3 cm³/mol. The number of hydrogen-bond acceptors (Lipinski definition) is 4. The van der Waals surface area contributed by atoms with Gasteiger partial charge in [-0.15, -0.1) is 0 Å². The first-order chi connectivity index (χ1) is 8.86. The van der Waals surface area contributed by atoms with E-state index >= 15 is 0 Å². The maximum atomic E-state index is 5.66. The zero-order valence-corrected chi connectivity index (χ0v) is 10.2. The second-order valence-corrected chi connectivity index (χ2v) is 4.60. The van der Waals surface area contributed by atoms with Crippen LogP contribution in [-0.2, 0) is 0 Å². The Morgan fingerprint density at radius 2 is 2.28 bits per heavy atom. The highest BCUT2D eigenvalue weighted by Crippen LogP contribution is 2.27. The molecule has 4 heteroatoms. The third kappa shape index (κ3) is 2.06. The van der Waals surface area contributed by atoms with Crippen molar-refractivity contribution in [3.05, 3.63) is 30.7 Å². The summed E-state index contributed by atoms with van der Waals surface area (Å²) in [5.41, 5.74) is 1.59. The fraction of sp³-hybridized carbons (Fsp3) is 0.357. The monoisotopic (exact) mass is 241 g/mol. The van der Waals surface area contributed by atoms with E-state index in [9.17, 15) is 0 Å². The molecule has 0 saturated heterocycles. The molecule has 0 N–H and O–H groups in total. The molecule has 2 heterocycles. The Bertz CT molecular complexity index is 578. The maximum absolute atomic E-state index is 5.66. The van der Waals surface area contributed by atoms with Crippen LogP contribution in [-0.4, -0.2) is 21.6 Å². The molecular formula is C14H15N3O. The molecule has 0 aliphatic heterocycles. The smallest absolute Gasteiger partial charge is 0.317 e. The summed E-state index contributed by atoms with van der Waals surface area (Å²) in [5, 5.41) is 0.955. The number of aromatic nitrogens is 3. The number of nitrogens with zero attached hydrogens (tertiary/aromatic N) is 3. The van der Waals surface area contributed by atoms with Crippen molar-refractivity contribution in [2.45, 2.75) is 19.3 Å². The predicted octanol–water partition coefficient (Wildman–Crippen LogP) is 2.85. The minimum absolute atomic E-state index is 0.428. The Balaban J connectivity index is 1.89. The SMILES string of the molecule is C=Cc1nc(OCC2CCC2)nc2cnccc12. The lowest BCUT2D eigenvalue weighted by Gasteiger charge is -2.24. The van der Waals surface area contributed by atoms with Crippen molar-refractivity contribution in [2.75, 3.05) is 6.61 Å². The first kappa shape index (κ1) is 11.1. The standard InChI is InChI=1S/C14H15N3O/c1-2-12-11-6-7-15-8-13(11)17-14(16-12)18-9-10-4-3-5-10/h2,6-8,10H,1,3-5,9H2. The summed E-state index contributed by atoms with van der Waals surface area (Å²) in [6, 6.07) is 2.32. The van der Waals surface area contributed by atoms with Gasteiger partial charge in [0.2, 0.25) is 0 Å². The first-order valence-corrected chi connectivity index (χ1v) is 6.24. The molecule has 0 aromatic carbocycles. The summed E-state index contributed by atoms with van der Waals surface area (Å²) < 4.78 is 5.66. The van der Waals surface area contributed by atoms with Crippen LogP contribution < -0.4 is 4.74 Å². The van der Waals surface area contributed by atoms with E-state index in [1.54, 1.807) is 18.5 Å². The van der Waals surface area contributed by atoms with Crippen LogP contribution >= 0.6 is 0 Å². The van der Waals surface area contributed by atoms with Crippen molar-refractivity contribution in [3.8, 4) is 6.01 Å². The number of hydrogen-bond donors (Lipinski definition) is 0. The van der Waals surface area contributed by atoms with Crippen molar-refractivity contribution in [1.29, 1.82) is 0 Å². The molecule has 4 nitrogen and oxygen atoms in total. The molecule has 1 aliphatic rings. The third-order valence-electron chi connectivity index (χ3n) is 3.37. The van der Waals surface area contributed by atoms with Crippen LogP contribution in [0.2, 0.25) is 0 Å². The molecule has 3 rings (SSSR count). The van der Waals surface area contributed by atoms with Gasteiger partial charge in [0, 0.05) is 11.6 Å². The molecule has 1 fully saturated rings. The molecule has 0 atom stereocenters. The molecule has 18 heavy (non-hydrogen) atoms. The highest BCUT2D eigenvalue weighted by Gasteiger charge is 2.18. The highest BCUT2D eigenvalue weighted by molar-refractivity contribution is 5.85. The lowest BCUT2D eigenvalue weighted by molar-refractivity contribution is 0.170. The molecule has 0 unspecified atom stereocenters. The second kappa shape index (κ2) is 4.72. The zero-order chi connectivity index (χ0) is 12.4. The van der Waals surface area contributed by atoms with Gasteiger partial charge in [0.15, 0.2) is 0 Å². The van der Waals surface area contributed by atoms with Gasteiger partial charge in [-0.05, 0) is 30.9 Å². The third-order valence-corrected chi connectivity index (χ3v) is 3.37. The van der Waals surface area contributed by atoms with Gasteiger partial charge in [0.05, 0.1) is 24.0 Å². The van der Waals surface area contributed by atoms with E-state index in [0.29, 0.717) is 18.5 Å². The van der Waals surface area contributed by atoms with E-state index in [1.165, 1.54) is 19.3 Å². The van der Waals surface area contributed by atoms with Crippen molar-refractivity contribution in [2.24, 2.45) is 5.92 Å². The molecule has 92 valence electrons. The Labute approximate surface area is 106 Å². The van der Waals surface area contributed by atoms with Crippen LogP contribution in [0.5, 0.6) is 6.01 Å². The Kier molecular flexibility index (Phi) is 2.92. The molecule has 0 radical (unpaired) electrons. The van der Waals surface area contributed by atoms with Gasteiger partial charge in [-0.2, -0.15) is 9.97 Å². The summed E-state index contributed by atoms with van der Waals surface area (Å²) in [7, 11) is 0. The quantitative estimate of drug-likeness (QED) is 0.825. The van der Waals surface area contributed by atoms with Gasteiger partial charge in [-0.1, -0.05) is 13.0 Å². The summed E-state index contributed by atoms with van der Waals surface area (Å²) in [6.45, 7) is 4.49. The topological polar surface area (TPSA) is 47.9 Å². The molecule has 1 aliphatic carbocycles. The van der Waals surface area contributed by atoms with E-state index in [1.807, 2.05) is 6.07 Å². The average Bonchev–Trinajstić information content (AvgIpc) is 2.36. The van der Waals surface area contributed by atoms with Crippen molar-refractivity contribution < 1.29 is 4.74 Å². The highest BCUT2D eigenvalue weighted by atomic mass is 16.5. The van der Waals surface area contributed by atoms with Crippen molar-refractivity contribution in [1.82, 2.24) is 15.0 Å². The minimum atomic E-state index is 0.428. The second-order valence-electron chi connectivity index (χ2n) is 4.60. The summed E-state index contributed by atoms with van der Waals surface area (Å²) in [6.07, 6.45) is 9.00. The largest absolute Gasteiger partial charge is 0.463 e. The number of ether oxygens (including phenoxy) is 1. The Morgan fingerprint density at radius 3 is 3.00 bits per heavy atom. The number of pyridine rings is 1. The molecule has 2 aromatic rings. The molecule has 0 amide bonds. The van der Waals surface area contributed by atoms with E-state index in [2.05, 4.69) is 21.5 Å². The molecule has 1 saturated carbocycles. The molecular weight excluding hydrogens is 226 g/mol. The fourth-order valence-electron chi connectivity index (χ4n) is 2.06. The number of fused-ring (bicyclic) bond motifs is 1. The van der Waals surface area contributed by atoms with Crippen LogP contribution in [0.4, 0.5) is 0 Å². The van der Waals surface area contributed by atoms with Crippen molar-refractivity contribution >= 4 is 17.0 Å². The van der Waals surface area contributed by atoms with E-state index in [-0.39, 0.29) is 0 Å². The van der Waals surface area contributed by atoms with E-state index in [4.69, 9.17) is 4.74 Å². The summed E-state index contributed by atoms with van der Waals surface area (Å²) in [5.74, 6) is 0.672. The van der Waals surface area contributed by atoms with Gasteiger partial charge >= 0.3 is 6.01 Å². The minimum Gasteiger partial charge on any atom is -0.463 e.